The minimum atomic E-state index is 0.0483. The molecular formula is C29H34O2. The summed E-state index contributed by atoms with van der Waals surface area (Å²) in [5.74, 6) is 1.01. The van der Waals surface area contributed by atoms with Gasteiger partial charge < -0.3 is 9.84 Å². The van der Waals surface area contributed by atoms with Gasteiger partial charge in [-0.2, -0.15) is 0 Å². The SMILES string of the molecule is CCCCc1cc(-c2cccc3c2Cc2ccccc2-3)cc(CCCC)c1OCCO. The third kappa shape index (κ3) is 4.55. The van der Waals surface area contributed by atoms with E-state index in [9.17, 15) is 5.11 Å². The second kappa shape index (κ2) is 10.2. The summed E-state index contributed by atoms with van der Waals surface area (Å²) < 4.78 is 6.10. The number of benzene rings is 3. The molecule has 0 amide bonds. The van der Waals surface area contributed by atoms with E-state index in [1.807, 2.05) is 0 Å². The Balaban J connectivity index is 1.82. The van der Waals surface area contributed by atoms with Gasteiger partial charge >= 0.3 is 0 Å². The lowest BCUT2D eigenvalue weighted by atomic mass is 9.90. The van der Waals surface area contributed by atoms with E-state index in [4.69, 9.17) is 4.74 Å². The van der Waals surface area contributed by atoms with Crippen molar-refractivity contribution in [1.29, 1.82) is 0 Å². The molecule has 1 aliphatic carbocycles. The van der Waals surface area contributed by atoms with Gasteiger partial charge in [-0.05, 0) is 88.7 Å². The first-order valence-electron chi connectivity index (χ1n) is 11.9. The molecule has 2 nitrogen and oxygen atoms in total. The molecule has 0 aliphatic heterocycles. The fourth-order valence-electron chi connectivity index (χ4n) is 4.78. The molecule has 3 aromatic rings. The minimum absolute atomic E-state index is 0.0483. The van der Waals surface area contributed by atoms with E-state index in [0.29, 0.717) is 6.61 Å². The summed E-state index contributed by atoms with van der Waals surface area (Å²) in [6.07, 6.45) is 7.63. The summed E-state index contributed by atoms with van der Waals surface area (Å²) in [5.41, 5.74) is 10.8. The largest absolute Gasteiger partial charge is 0.491 e. The van der Waals surface area contributed by atoms with Crippen LogP contribution in [0.3, 0.4) is 0 Å². The van der Waals surface area contributed by atoms with Gasteiger partial charge in [-0.25, -0.2) is 0 Å². The molecule has 0 saturated heterocycles. The third-order valence-corrected chi connectivity index (χ3v) is 6.34. The van der Waals surface area contributed by atoms with Gasteiger partial charge in [0.25, 0.3) is 0 Å². The van der Waals surface area contributed by atoms with Gasteiger partial charge in [0.2, 0.25) is 0 Å². The zero-order chi connectivity index (χ0) is 21.6. The Hall–Kier alpha value is -2.58. The van der Waals surface area contributed by atoms with Crippen LogP contribution >= 0.6 is 0 Å². The summed E-state index contributed by atoms with van der Waals surface area (Å²) >= 11 is 0. The first-order chi connectivity index (χ1) is 15.3. The van der Waals surface area contributed by atoms with Gasteiger partial charge in [-0.3, -0.25) is 0 Å². The van der Waals surface area contributed by atoms with Crippen molar-refractivity contribution < 1.29 is 9.84 Å². The molecule has 0 atom stereocenters. The average molecular weight is 415 g/mol. The molecule has 0 bridgehead atoms. The van der Waals surface area contributed by atoms with E-state index in [0.717, 1.165) is 50.7 Å². The third-order valence-electron chi connectivity index (χ3n) is 6.34. The molecule has 0 radical (unpaired) electrons. The summed E-state index contributed by atoms with van der Waals surface area (Å²) in [6.45, 7) is 4.87. The van der Waals surface area contributed by atoms with Gasteiger partial charge in [-0.15, -0.1) is 0 Å². The maximum absolute atomic E-state index is 9.36. The van der Waals surface area contributed by atoms with Crippen molar-refractivity contribution >= 4 is 0 Å². The Morgan fingerprint density at radius 2 is 1.45 bits per heavy atom. The highest BCUT2D eigenvalue weighted by atomic mass is 16.5. The van der Waals surface area contributed by atoms with Gasteiger partial charge in [-0.1, -0.05) is 69.2 Å². The summed E-state index contributed by atoms with van der Waals surface area (Å²) in [7, 11) is 0. The molecule has 0 aromatic heterocycles. The van der Waals surface area contributed by atoms with Crippen LogP contribution in [-0.2, 0) is 19.3 Å². The van der Waals surface area contributed by atoms with E-state index in [2.05, 4.69) is 68.4 Å². The summed E-state index contributed by atoms with van der Waals surface area (Å²) in [6, 6.07) is 20.2. The van der Waals surface area contributed by atoms with E-state index in [1.54, 1.807) is 0 Å². The first-order valence-corrected chi connectivity index (χ1v) is 11.9. The monoisotopic (exact) mass is 414 g/mol. The van der Waals surface area contributed by atoms with E-state index >= 15 is 0 Å². The van der Waals surface area contributed by atoms with Crippen LogP contribution in [0.4, 0.5) is 0 Å². The Bertz CT molecular complexity index is 1010. The molecule has 1 aliphatic rings. The summed E-state index contributed by atoms with van der Waals surface area (Å²) in [5, 5.41) is 9.36. The number of hydrogen-bond acceptors (Lipinski definition) is 2. The van der Waals surface area contributed by atoms with E-state index < -0.39 is 0 Å². The Morgan fingerprint density at radius 3 is 2.13 bits per heavy atom. The number of unbranched alkanes of at least 4 members (excludes halogenated alkanes) is 2. The van der Waals surface area contributed by atoms with Crippen LogP contribution in [0.2, 0.25) is 0 Å². The lowest BCUT2D eigenvalue weighted by molar-refractivity contribution is 0.199. The predicted octanol–water partition coefficient (Wildman–Crippen LogP) is 6.98. The highest BCUT2D eigenvalue weighted by Crippen LogP contribution is 2.43. The van der Waals surface area contributed by atoms with Crippen molar-refractivity contribution in [1.82, 2.24) is 0 Å². The fourth-order valence-corrected chi connectivity index (χ4v) is 4.78. The second-order valence-corrected chi connectivity index (χ2v) is 8.57. The number of aliphatic hydroxyl groups is 1. The number of aryl methyl sites for hydroxylation is 2. The van der Waals surface area contributed by atoms with Crippen LogP contribution in [-0.4, -0.2) is 18.3 Å². The van der Waals surface area contributed by atoms with Crippen LogP contribution in [0.15, 0.2) is 54.6 Å². The maximum atomic E-state index is 9.36. The van der Waals surface area contributed by atoms with Gasteiger partial charge in [0.05, 0.1) is 6.61 Å². The molecular weight excluding hydrogens is 380 g/mol. The number of ether oxygens (including phenoxy) is 1. The molecule has 1 N–H and O–H groups in total. The average Bonchev–Trinajstić information content (AvgIpc) is 3.19. The topological polar surface area (TPSA) is 29.5 Å². The predicted molar refractivity (Wildman–Crippen MR) is 130 cm³/mol. The molecule has 0 fully saturated rings. The molecule has 162 valence electrons. The molecule has 0 spiro atoms. The van der Waals surface area contributed by atoms with Crippen LogP contribution in [0.1, 0.15) is 61.8 Å². The second-order valence-electron chi connectivity index (χ2n) is 8.57. The van der Waals surface area contributed by atoms with Crippen LogP contribution < -0.4 is 4.74 Å². The lowest BCUT2D eigenvalue weighted by Crippen LogP contribution is -2.07. The normalized spacial score (nSPS) is 12.0. The number of hydrogen-bond donors (Lipinski definition) is 1. The Labute approximate surface area is 186 Å². The Kier molecular flexibility index (Phi) is 7.09. The lowest BCUT2D eigenvalue weighted by Gasteiger charge is -2.19. The highest BCUT2D eigenvalue weighted by molar-refractivity contribution is 5.85. The van der Waals surface area contributed by atoms with E-state index in [-0.39, 0.29) is 6.61 Å². The highest BCUT2D eigenvalue weighted by Gasteiger charge is 2.22. The van der Waals surface area contributed by atoms with Crippen molar-refractivity contribution in [2.75, 3.05) is 13.2 Å². The minimum Gasteiger partial charge on any atom is -0.491 e. The molecule has 0 saturated carbocycles. The number of fused-ring (bicyclic) bond motifs is 3. The smallest absolute Gasteiger partial charge is 0.125 e. The molecule has 31 heavy (non-hydrogen) atoms. The molecule has 2 heteroatoms. The van der Waals surface area contributed by atoms with Crippen molar-refractivity contribution in [2.45, 2.75) is 58.8 Å². The van der Waals surface area contributed by atoms with Crippen molar-refractivity contribution in [3.8, 4) is 28.0 Å². The fraction of sp³-hybridized carbons (Fsp3) is 0.379. The zero-order valence-corrected chi connectivity index (χ0v) is 18.9. The molecule has 0 heterocycles. The van der Waals surface area contributed by atoms with Crippen LogP contribution in [0, 0.1) is 0 Å². The van der Waals surface area contributed by atoms with Gasteiger partial charge in [0.1, 0.15) is 12.4 Å². The standard InChI is InChI=1S/C29H34O2/c1-3-5-10-22-18-24(19-23(11-6-4-2)29(22)31-17-16-30)26-14-9-15-27-25-13-8-7-12-21(25)20-28(26)27/h7-9,12-15,18-19,30H,3-6,10-11,16-17,20H2,1-2H3. The number of aliphatic hydroxyl groups excluding tert-OH is 1. The van der Waals surface area contributed by atoms with Gasteiger partial charge in [0, 0.05) is 0 Å². The number of rotatable bonds is 10. The van der Waals surface area contributed by atoms with Gasteiger partial charge in [0.15, 0.2) is 0 Å². The van der Waals surface area contributed by atoms with Crippen molar-refractivity contribution in [3.05, 3.63) is 76.9 Å². The first kappa shape index (κ1) is 21.6. The van der Waals surface area contributed by atoms with Crippen molar-refractivity contribution in [3.63, 3.8) is 0 Å². The van der Waals surface area contributed by atoms with Crippen LogP contribution in [0.25, 0.3) is 22.3 Å². The maximum Gasteiger partial charge on any atom is 0.125 e. The van der Waals surface area contributed by atoms with Crippen LogP contribution in [0.5, 0.6) is 5.75 Å². The molecule has 3 aromatic carbocycles. The van der Waals surface area contributed by atoms with Crippen molar-refractivity contribution in [2.24, 2.45) is 0 Å². The zero-order valence-electron chi connectivity index (χ0n) is 18.9. The Morgan fingerprint density at radius 1 is 0.806 bits per heavy atom. The molecule has 0 unspecified atom stereocenters. The molecule has 4 rings (SSSR count). The van der Waals surface area contributed by atoms with E-state index in [1.165, 1.54) is 44.5 Å². The summed E-state index contributed by atoms with van der Waals surface area (Å²) in [4.78, 5) is 0. The quantitative estimate of drug-likeness (QED) is 0.303.